The third-order valence-corrected chi connectivity index (χ3v) is 3.35. The standard InChI is InChI=1S/C9H12IN/c10-11-7-3-5-8-4-1-2-6-9(8)11/h2,6H,1,3-5,7H2. The zero-order valence-electron chi connectivity index (χ0n) is 6.52. The molecule has 11 heavy (non-hydrogen) atoms. The van der Waals surface area contributed by atoms with Crippen molar-refractivity contribution in [2.45, 2.75) is 25.7 Å². The van der Waals surface area contributed by atoms with E-state index in [1.54, 1.807) is 5.57 Å². The largest absolute Gasteiger partial charge is 0.315 e. The lowest BCUT2D eigenvalue weighted by Crippen LogP contribution is -2.19. The third-order valence-electron chi connectivity index (χ3n) is 2.35. The zero-order valence-corrected chi connectivity index (χ0v) is 8.67. The van der Waals surface area contributed by atoms with E-state index in [1.807, 2.05) is 0 Å². The number of halogens is 1. The molecule has 0 aromatic rings. The van der Waals surface area contributed by atoms with Gasteiger partial charge in [0.1, 0.15) is 0 Å². The molecule has 1 nitrogen and oxygen atoms in total. The van der Waals surface area contributed by atoms with Crippen molar-refractivity contribution in [2.75, 3.05) is 6.54 Å². The Hall–Kier alpha value is 0.0100. The molecule has 60 valence electrons. The van der Waals surface area contributed by atoms with Crippen LogP contribution in [0.3, 0.4) is 0 Å². The molecule has 0 saturated heterocycles. The van der Waals surface area contributed by atoms with Crippen LogP contribution < -0.4 is 0 Å². The molecule has 1 heterocycles. The van der Waals surface area contributed by atoms with E-state index in [-0.39, 0.29) is 0 Å². The van der Waals surface area contributed by atoms with Crippen LogP contribution in [0.5, 0.6) is 0 Å². The summed E-state index contributed by atoms with van der Waals surface area (Å²) in [6, 6.07) is 0. The average molecular weight is 261 g/mol. The van der Waals surface area contributed by atoms with Gasteiger partial charge in [-0.05, 0) is 37.3 Å². The van der Waals surface area contributed by atoms with Crippen LogP contribution in [0.1, 0.15) is 25.7 Å². The monoisotopic (exact) mass is 261 g/mol. The van der Waals surface area contributed by atoms with Gasteiger partial charge in [0, 0.05) is 12.2 Å². The Balaban J connectivity index is 2.28. The maximum absolute atomic E-state index is 2.42. The summed E-state index contributed by atoms with van der Waals surface area (Å²) >= 11 is 2.42. The summed E-state index contributed by atoms with van der Waals surface area (Å²) in [5, 5.41) is 0. The van der Waals surface area contributed by atoms with Gasteiger partial charge in [-0.25, -0.2) is 0 Å². The smallest absolute Gasteiger partial charge is 0.0591 e. The van der Waals surface area contributed by atoms with E-state index in [0.717, 1.165) is 0 Å². The van der Waals surface area contributed by atoms with E-state index in [1.165, 1.54) is 37.9 Å². The van der Waals surface area contributed by atoms with Gasteiger partial charge < -0.3 is 3.11 Å². The summed E-state index contributed by atoms with van der Waals surface area (Å²) in [5.74, 6) is 0. The summed E-state index contributed by atoms with van der Waals surface area (Å²) in [4.78, 5) is 0. The zero-order chi connectivity index (χ0) is 7.68. The summed E-state index contributed by atoms with van der Waals surface area (Å²) in [7, 11) is 0. The van der Waals surface area contributed by atoms with Crippen LogP contribution in [0, 0.1) is 0 Å². The fraction of sp³-hybridized carbons (Fsp3) is 0.556. The molecule has 0 fully saturated rings. The number of hydrogen-bond acceptors (Lipinski definition) is 1. The molecular formula is C9H12IN. The Bertz CT molecular complexity index is 218. The minimum atomic E-state index is 1.23. The Labute approximate surface area is 81.6 Å². The first kappa shape index (κ1) is 7.65. The van der Waals surface area contributed by atoms with Crippen molar-refractivity contribution < 1.29 is 0 Å². The van der Waals surface area contributed by atoms with E-state index in [9.17, 15) is 0 Å². The number of rotatable bonds is 0. The van der Waals surface area contributed by atoms with Gasteiger partial charge >= 0.3 is 0 Å². The second-order valence-corrected chi connectivity index (χ2v) is 4.28. The summed E-state index contributed by atoms with van der Waals surface area (Å²) in [6.07, 6.45) is 9.80. The molecule has 0 unspecified atom stereocenters. The Morgan fingerprint density at radius 3 is 3.09 bits per heavy atom. The lowest BCUT2D eigenvalue weighted by atomic mass is 9.95. The van der Waals surface area contributed by atoms with Gasteiger partial charge in [-0.3, -0.25) is 0 Å². The van der Waals surface area contributed by atoms with E-state index < -0.39 is 0 Å². The van der Waals surface area contributed by atoms with Crippen molar-refractivity contribution in [2.24, 2.45) is 0 Å². The van der Waals surface area contributed by atoms with Crippen molar-refractivity contribution >= 4 is 22.9 Å². The lowest BCUT2D eigenvalue weighted by molar-refractivity contribution is 0.531. The van der Waals surface area contributed by atoms with Gasteiger partial charge in [-0.1, -0.05) is 6.08 Å². The Morgan fingerprint density at radius 2 is 2.27 bits per heavy atom. The summed E-state index contributed by atoms with van der Waals surface area (Å²) in [6.45, 7) is 1.23. The van der Waals surface area contributed by atoms with Crippen molar-refractivity contribution in [3.8, 4) is 0 Å². The second kappa shape index (κ2) is 3.17. The summed E-state index contributed by atoms with van der Waals surface area (Å²) in [5.41, 5.74) is 3.16. The normalized spacial score (nSPS) is 23.9. The van der Waals surface area contributed by atoms with Gasteiger partial charge in [-0.2, -0.15) is 0 Å². The topological polar surface area (TPSA) is 3.24 Å². The molecule has 1 aliphatic carbocycles. The van der Waals surface area contributed by atoms with Crippen LogP contribution in [0.15, 0.2) is 23.4 Å². The van der Waals surface area contributed by atoms with Gasteiger partial charge in [0.05, 0.1) is 22.9 Å². The van der Waals surface area contributed by atoms with Crippen molar-refractivity contribution in [3.63, 3.8) is 0 Å². The Morgan fingerprint density at radius 1 is 1.36 bits per heavy atom. The fourth-order valence-corrected chi connectivity index (χ4v) is 2.60. The lowest BCUT2D eigenvalue weighted by Gasteiger charge is -2.28. The first-order chi connectivity index (χ1) is 5.38. The van der Waals surface area contributed by atoms with E-state index in [0.29, 0.717) is 0 Å². The quantitative estimate of drug-likeness (QED) is 0.478. The van der Waals surface area contributed by atoms with Gasteiger partial charge in [0.25, 0.3) is 0 Å². The molecule has 2 aliphatic rings. The van der Waals surface area contributed by atoms with Gasteiger partial charge in [0.15, 0.2) is 0 Å². The van der Waals surface area contributed by atoms with Crippen LogP contribution in [0.25, 0.3) is 0 Å². The van der Waals surface area contributed by atoms with E-state index in [2.05, 4.69) is 38.1 Å². The number of hydrogen-bond donors (Lipinski definition) is 0. The number of nitrogens with zero attached hydrogens (tertiary/aromatic N) is 1. The SMILES string of the molecule is IN1CCCC2=C1C=CCC2. The highest BCUT2D eigenvalue weighted by atomic mass is 127. The highest BCUT2D eigenvalue weighted by Crippen LogP contribution is 2.31. The highest BCUT2D eigenvalue weighted by Gasteiger charge is 2.17. The van der Waals surface area contributed by atoms with Gasteiger partial charge in [-0.15, -0.1) is 0 Å². The molecule has 0 aromatic heterocycles. The van der Waals surface area contributed by atoms with Crippen molar-refractivity contribution in [1.82, 2.24) is 3.11 Å². The molecule has 0 atom stereocenters. The van der Waals surface area contributed by atoms with Crippen molar-refractivity contribution in [3.05, 3.63) is 23.4 Å². The first-order valence-corrected chi connectivity index (χ1v) is 5.16. The van der Waals surface area contributed by atoms with E-state index >= 15 is 0 Å². The van der Waals surface area contributed by atoms with Gasteiger partial charge in [0.2, 0.25) is 0 Å². The van der Waals surface area contributed by atoms with Crippen LogP contribution in [0.2, 0.25) is 0 Å². The minimum Gasteiger partial charge on any atom is -0.315 e. The molecular weight excluding hydrogens is 249 g/mol. The predicted octanol–water partition coefficient (Wildman–Crippen LogP) is 3.04. The Kier molecular flexibility index (Phi) is 2.20. The molecule has 0 spiro atoms. The molecule has 0 saturated carbocycles. The van der Waals surface area contributed by atoms with Crippen LogP contribution in [-0.2, 0) is 0 Å². The maximum atomic E-state index is 2.42. The number of allylic oxidation sites excluding steroid dienone is 3. The highest BCUT2D eigenvalue weighted by molar-refractivity contribution is 14.1. The minimum absolute atomic E-state index is 1.23. The average Bonchev–Trinajstić information content (AvgIpc) is 2.06. The molecule has 2 rings (SSSR count). The molecule has 0 radical (unpaired) electrons. The molecule has 1 aliphatic heterocycles. The molecule has 0 amide bonds. The van der Waals surface area contributed by atoms with E-state index in [4.69, 9.17) is 0 Å². The predicted molar refractivity (Wildman–Crippen MR) is 55.4 cm³/mol. The third kappa shape index (κ3) is 1.45. The molecule has 0 N–H and O–H groups in total. The second-order valence-electron chi connectivity index (χ2n) is 3.12. The molecule has 2 heteroatoms. The fourth-order valence-electron chi connectivity index (χ4n) is 1.76. The summed E-state index contributed by atoms with van der Waals surface area (Å²) < 4.78 is 2.35. The first-order valence-electron chi connectivity index (χ1n) is 4.20. The maximum Gasteiger partial charge on any atom is 0.0591 e. The van der Waals surface area contributed by atoms with Crippen LogP contribution in [-0.4, -0.2) is 9.66 Å². The molecule has 0 aromatic carbocycles. The molecule has 0 bridgehead atoms. The van der Waals surface area contributed by atoms with Crippen molar-refractivity contribution in [1.29, 1.82) is 0 Å². The van der Waals surface area contributed by atoms with Crippen LogP contribution in [0.4, 0.5) is 0 Å². The van der Waals surface area contributed by atoms with Crippen LogP contribution >= 0.6 is 22.9 Å².